The molecule has 1 saturated heterocycles. The maximum atomic E-state index is 11.0. The van der Waals surface area contributed by atoms with Crippen LogP contribution in [0.4, 0.5) is 0 Å². The van der Waals surface area contributed by atoms with Gasteiger partial charge in [-0.15, -0.1) is 0 Å². The molecular formula is C18H26BNO5. The Labute approximate surface area is 149 Å². The Bertz CT molecular complexity index is 607. The number of aromatic nitrogens is 1. The van der Waals surface area contributed by atoms with Gasteiger partial charge in [-0.05, 0) is 59.4 Å². The Morgan fingerprint density at radius 2 is 1.76 bits per heavy atom. The van der Waals surface area contributed by atoms with Crippen LogP contribution in [0, 0.1) is 5.92 Å². The minimum atomic E-state index is -0.705. The zero-order valence-electron chi connectivity index (χ0n) is 15.3. The molecular weight excluding hydrogens is 321 g/mol. The van der Waals surface area contributed by atoms with E-state index < -0.39 is 13.1 Å². The third-order valence-electron chi connectivity index (χ3n) is 5.60. The second-order valence-corrected chi connectivity index (χ2v) is 7.95. The van der Waals surface area contributed by atoms with Gasteiger partial charge in [-0.3, -0.25) is 4.79 Å². The van der Waals surface area contributed by atoms with E-state index in [0.717, 1.165) is 18.3 Å². The van der Waals surface area contributed by atoms with Crippen LogP contribution in [0.5, 0.6) is 5.88 Å². The van der Waals surface area contributed by atoms with E-state index in [4.69, 9.17) is 19.2 Å². The summed E-state index contributed by atoms with van der Waals surface area (Å²) >= 11 is 0. The van der Waals surface area contributed by atoms with Crippen LogP contribution < -0.4 is 10.2 Å². The van der Waals surface area contributed by atoms with Crippen molar-refractivity contribution in [3.05, 3.63) is 18.3 Å². The number of hydrogen-bond acceptors (Lipinski definition) is 5. The van der Waals surface area contributed by atoms with Gasteiger partial charge in [-0.25, -0.2) is 4.98 Å². The number of ether oxygens (including phenoxy) is 1. The smallest absolute Gasteiger partial charge is 0.481 e. The number of carboxylic acid groups (broad SMARTS) is 1. The van der Waals surface area contributed by atoms with Gasteiger partial charge in [-0.1, -0.05) is 6.07 Å². The molecule has 0 amide bonds. The zero-order chi connectivity index (χ0) is 18.2. The molecule has 2 heterocycles. The predicted octanol–water partition coefficient (Wildman–Crippen LogP) is 2.40. The molecule has 0 radical (unpaired) electrons. The molecule has 1 aromatic rings. The fourth-order valence-electron chi connectivity index (χ4n) is 3.18. The van der Waals surface area contributed by atoms with Crippen LogP contribution in [0.15, 0.2) is 18.3 Å². The van der Waals surface area contributed by atoms with Crippen LogP contribution in [0.3, 0.4) is 0 Å². The van der Waals surface area contributed by atoms with Crippen LogP contribution in [0.2, 0.25) is 0 Å². The van der Waals surface area contributed by atoms with Crippen molar-refractivity contribution >= 4 is 18.6 Å². The number of carbonyl (C=O) groups is 1. The van der Waals surface area contributed by atoms with Crippen molar-refractivity contribution in [2.24, 2.45) is 5.92 Å². The van der Waals surface area contributed by atoms with Crippen LogP contribution in [0.25, 0.3) is 0 Å². The summed E-state index contributed by atoms with van der Waals surface area (Å²) in [5, 5.41) is 9.05. The van der Waals surface area contributed by atoms with Crippen LogP contribution in [-0.2, 0) is 14.1 Å². The molecule has 1 aliphatic carbocycles. The van der Waals surface area contributed by atoms with Crippen molar-refractivity contribution in [1.29, 1.82) is 0 Å². The molecule has 3 rings (SSSR count). The molecule has 0 aromatic carbocycles. The topological polar surface area (TPSA) is 77.9 Å². The standard InChI is InChI=1S/C18H26BNO5/c1-17(2)18(3,4)25-19(24-17)13-7-10-15(20-11-13)23-14-8-5-12(6-9-14)16(21)22/h7,10-12,14H,5-6,8-9H2,1-4H3,(H,21,22)/t12-,14-. The average molecular weight is 347 g/mol. The first kappa shape index (κ1) is 18.2. The third kappa shape index (κ3) is 3.82. The van der Waals surface area contributed by atoms with E-state index in [1.54, 1.807) is 6.20 Å². The van der Waals surface area contributed by atoms with E-state index in [9.17, 15) is 4.79 Å². The molecule has 136 valence electrons. The molecule has 0 unspecified atom stereocenters. The first-order valence-electron chi connectivity index (χ1n) is 8.89. The summed E-state index contributed by atoms with van der Waals surface area (Å²) < 4.78 is 17.9. The van der Waals surface area contributed by atoms with Gasteiger partial charge >= 0.3 is 13.1 Å². The van der Waals surface area contributed by atoms with Crippen LogP contribution >= 0.6 is 0 Å². The van der Waals surface area contributed by atoms with Crippen molar-refractivity contribution in [3.8, 4) is 5.88 Å². The Morgan fingerprint density at radius 3 is 2.24 bits per heavy atom. The lowest BCUT2D eigenvalue weighted by atomic mass is 9.80. The molecule has 2 fully saturated rings. The molecule has 0 spiro atoms. The summed E-state index contributed by atoms with van der Waals surface area (Å²) in [5.41, 5.74) is 0.103. The fraction of sp³-hybridized carbons (Fsp3) is 0.667. The van der Waals surface area contributed by atoms with Gasteiger partial charge in [-0.2, -0.15) is 0 Å². The molecule has 7 heteroatoms. The highest BCUT2D eigenvalue weighted by Gasteiger charge is 2.51. The second-order valence-electron chi connectivity index (χ2n) is 7.95. The van der Waals surface area contributed by atoms with Gasteiger partial charge in [0.25, 0.3) is 0 Å². The average Bonchev–Trinajstić information content (AvgIpc) is 2.76. The van der Waals surface area contributed by atoms with Gasteiger partial charge in [0.05, 0.1) is 17.1 Å². The number of nitrogens with zero attached hydrogens (tertiary/aromatic N) is 1. The van der Waals surface area contributed by atoms with Crippen LogP contribution in [0.1, 0.15) is 53.4 Å². The Morgan fingerprint density at radius 1 is 1.16 bits per heavy atom. The lowest BCUT2D eigenvalue weighted by Gasteiger charge is -2.32. The SMILES string of the molecule is CC1(C)OB(c2ccc(O[C@H]3CC[C@H](C(=O)O)CC3)nc2)OC1(C)C. The van der Waals surface area contributed by atoms with E-state index in [-0.39, 0.29) is 23.2 Å². The molecule has 1 aromatic heterocycles. The minimum absolute atomic E-state index is 0.0331. The first-order chi connectivity index (χ1) is 11.7. The molecule has 1 saturated carbocycles. The van der Waals surface area contributed by atoms with Crippen molar-refractivity contribution in [3.63, 3.8) is 0 Å². The van der Waals surface area contributed by atoms with E-state index >= 15 is 0 Å². The quantitative estimate of drug-likeness (QED) is 0.843. The molecule has 6 nitrogen and oxygen atoms in total. The zero-order valence-corrected chi connectivity index (χ0v) is 15.3. The van der Waals surface area contributed by atoms with Crippen molar-refractivity contribution < 1.29 is 23.9 Å². The number of carboxylic acids is 1. The van der Waals surface area contributed by atoms with Crippen molar-refractivity contribution in [1.82, 2.24) is 4.98 Å². The number of aliphatic carboxylic acids is 1. The molecule has 0 atom stereocenters. The highest BCUT2D eigenvalue weighted by atomic mass is 16.7. The van der Waals surface area contributed by atoms with Gasteiger partial charge in [0.15, 0.2) is 0 Å². The molecule has 0 bridgehead atoms. The Hall–Kier alpha value is -1.60. The summed E-state index contributed by atoms with van der Waals surface area (Å²) in [6.07, 6.45) is 4.57. The highest BCUT2D eigenvalue weighted by molar-refractivity contribution is 6.62. The van der Waals surface area contributed by atoms with Crippen LogP contribution in [-0.4, -0.2) is 40.5 Å². The minimum Gasteiger partial charge on any atom is -0.481 e. The lowest BCUT2D eigenvalue weighted by Crippen LogP contribution is -2.41. The second kappa shape index (κ2) is 6.61. The monoisotopic (exact) mass is 347 g/mol. The van der Waals surface area contributed by atoms with E-state index in [2.05, 4.69) is 4.98 Å². The highest BCUT2D eigenvalue weighted by Crippen LogP contribution is 2.36. The predicted molar refractivity (Wildman–Crippen MR) is 94.0 cm³/mol. The number of pyridine rings is 1. The normalized spacial score (nSPS) is 27.9. The molecule has 1 aliphatic heterocycles. The summed E-state index contributed by atoms with van der Waals surface area (Å²) in [6.45, 7) is 8.08. The van der Waals surface area contributed by atoms with Crippen molar-refractivity contribution in [2.45, 2.75) is 70.7 Å². The third-order valence-corrected chi connectivity index (χ3v) is 5.60. The summed E-state index contributed by atoms with van der Waals surface area (Å²) in [7, 11) is -0.433. The molecule has 25 heavy (non-hydrogen) atoms. The Balaban J connectivity index is 1.58. The summed E-state index contributed by atoms with van der Waals surface area (Å²) in [4.78, 5) is 15.4. The lowest BCUT2D eigenvalue weighted by molar-refractivity contribution is -0.143. The Kier molecular flexibility index (Phi) is 4.81. The first-order valence-corrected chi connectivity index (χ1v) is 8.89. The summed E-state index contributed by atoms with van der Waals surface area (Å²) in [6, 6.07) is 3.73. The largest absolute Gasteiger partial charge is 0.496 e. The number of rotatable bonds is 4. The van der Waals surface area contributed by atoms with E-state index in [1.165, 1.54) is 0 Å². The fourth-order valence-corrected chi connectivity index (χ4v) is 3.18. The van der Waals surface area contributed by atoms with Gasteiger partial charge in [0, 0.05) is 11.7 Å². The van der Waals surface area contributed by atoms with E-state index in [1.807, 2.05) is 39.8 Å². The summed E-state index contributed by atoms with van der Waals surface area (Å²) in [5.74, 6) is -0.388. The number of hydrogen-bond donors (Lipinski definition) is 1. The van der Waals surface area contributed by atoms with Gasteiger partial charge in [0.1, 0.15) is 6.10 Å². The van der Waals surface area contributed by atoms with Gasteiger partial charge < -0.3 is 19.2 Å². The maximum Gasteiger partial charge on any atom is 0.496 e. The maximum absolute atomic E-state index is 11.0. The molecule has 2 aliphatic rings. The van der Waals surface area contributed by atoms with Gasteiger partial charge in [0.2, 0.25) is 5.88 Å². The van der Waals surface area contributed by atoms with Crippen molar-refractivity contribution in [2.75, 3.05) is 0 Å². The van der Waals surface area contributed by atoms with E-state index in [0.29, 0.717) is 18.7 Å². The molecule has 1 N–H and O–H groups in total.